The molecule has 2 atom stereocenters. The van der Waals surface area contributed by atoms with E-state index in [4.69, 9.17) is 22.1 Å². The molecule has 0 saturated heterocycles. The van der Waals surface area contributed by atoms with Crippen LogP contribution in [0, 0.1) is 0 Å². The zero-order valence-corrected chi connectivity index (χ0v) is 12.2. The number of hydrogen-bond acceptors (Lipinski definition) is 4. The van der Waals surface area contributed by atoms with Gasteiger partial charge >= 0.3 is 0 Å². The summed E-state index contributed by atoms with van der Waals surface area (Å²) >= 11 is 5.85. The van der Waals surface area contributed by atoms with Gasteiger partial charge in [-0.05, 0) is 37.5 Å². The number of anilines is 1. The van der Waals surface area contributed by atoms with E-state index in [1.165, 1.54) is 18.2 Å². The van der Waals surface area contributed by atoms with Gasteiger partial charge in [0.15, 0.2) is 0 Å². The van der Waals surface area contributed by atoms with E-state index < -0.39 is 10.0 Å². The number of sulfonamides is 1. The standard InChI is InChI=1S/C12H17ClN2O3S/c1-18-12-4-2-3-11(12)15-19(16,17)8-5-6-10(14)9(13)7-8/h5-7,11-12,15H,2-4,14H2,1H3. The van der Waals surface area contributed by atoms with Crippen LogP contribution in [0.2, 0.25) is 5.02 Å². The quantitative estimate of drug-likeness (QED) is 0.831. The van der Waals surface area contributed by atoms with Crippen LogP contribution in [0.3, 0.4) is 0 Å². The summed E-state index contributed by atoms with van der Waals surface area (Å²) < 4.78 is 32.4. The molecule has 3 N–H and O–H groups in total. The predicted octanol–water partition coefficient (Wildman–Crippen LogP) is 1.77. The van der Waals surface area contributed by atoms with E-state index in [9.17, 15) is 8.42 Å². The molecule has 1 aliphatic carbocycles. The Morgan fingerprint density at radius 2 is 2.16 bits per heavy atom. The first-order valence-corrected chi connectivity index (χ1v) is 7.90. The van der Waals surface area contributed by atoms with Crippen LogP contribution in [0.1, 0.15) is 19.3 Å². The molecule has 2 rings (SSSR count). The number of ether oxygens (including phenoxy) is 1. The van der Waals surface area contributed by atoms with E-state index in [1.54, 1.807) is 7.11 Å². The highest BCUT2D eigenvalue weighted by molar-refractivity contribution is 7.89. The van der Waals surface area contributed by atoms with E-state index in [0.717, 1.165) is 19.3 Å². The number of rotatable bonds is 4. The van der Waals surface area contributed by atoms with E-state index >= 15 is 0 Å². The molecule has 0 heterocycles. The Morgan fingerprint density at radius 1 is 1.42 bits per heavy atom. The van der Waals surface area contributed by atoms with E-state index in [2.05, 4.69) is 4.72 Å². The molecule has 1 fully saturated rings. The minimum absolute atomic E-state index is 0.0703. The normalized spacial score (nSPS) is 23.7. The fraction of sp³-hybridized carbons (Fsp3) is 0.500. The molecule has 19 heavy (non-hydrogen) atoms. The number of benzene rings is 1. The highest BCUT2D eigenvalue weighted by Gasteiger charge is 2.31. The summed E-state index contributed by atoms with van der Waals surface area (Å²) in [6, 6.07) is 4.10. The molecule has 0 radical (unpaired) electrons. The maximum absolute atomic E-state index is 12.2. The van der Waals surface area contributed by atoms with Crippen molar-refractivity contribution in [2.24, 2.45) is 0 Å². The van der Waals surface area contributed by atoms with Gasteiger partial charge in [-0.2, -0.15) is 0 Å². The molecular formula is C12H17ClN2O3S. The van der Waals surface area contributed by atoms with E-state index in [-0.39, 0.29) is 22.1 Å². The number of nitrogens with two attached hydrogens (primary N) is 1. The van der Waals surface area contributed by atoms with Crippen LogP contribution in [0.15, 0.2) is 23.1 Å². The van der Waals surface area contributed by atoms with E-state index in [1.807, 2.05) is 0 Å². The Hall–Kier alpha value is -0.820. The Bertz CT molecular complexity index is 562. The maximum atomic E-state index is 12.2. The first-order chi connectivity index (χ1) is 8.94. The largest absolute Gasteiger partial charge is 0.398 e. The Labute approximate surface area is 118 Å². The molecule has 106 valence electrons. The molecule has 1 aromatic carbocycles. The van der Waals surface area contributed by atoms with Crippen molar-refractivity contribution < 1.29 is 13.2 Å². The van der Waals surface area contributed by atoms with Gasteiger partial charge in [-0.1, -0.05) is 11.6 Å². The van der Waals surface area contributed by atoms with Gasteiger partial charge in [0.1, 0.15) is 0 Å². The minimum Gasteiger partial charge on any atom is -0.398 e. The molecule has 7 heteroatoms. The van der Waals surface area contributed by atoms with Gasteiger partial charge in [0.2, 0.25) is 10.0 Å². The van der Waals surface area contributed by atoms with Gasteiger partial charge in [-0.3, -0.25) is 0 Å². The second-order valence-corrected chi connectivity index (χ2v) is 6.74. The van der Waals surface area contributed by atoms with Crippen molar-refractivity contribution in [1.29, 1.82) is 0 Å². The second-order valence-electron chi connectivity index (χ2n) is 4.62. The fourth-order valence-corrected chi connectivity index (χ4v) is 3.86. The monoisotopic (exact) mass is 304 g/mol. The number of nitrogen functional groups attached to an aromatic ring is 1. The van der Waals surface area contributed by atoms with Gasteiger partial charge in [-0.25, -0.2) is 13.1 Å². The summed E-state index contributed by atoms with van der Waals surface area (Å²) in [6.07, 6.45) is 2.53. The number of halogens is 1. The third-order valence-electron chi connectivity index (χ3n) is 3.34. The van der Waals surface area contributed by atoms with Crippen LogP contribution in [-0.4, -0.2) is 27.7 Å². The SMILES string of the molecule is COC1CCCC1NS(=O)(=O)c1ccc(N)c(Cl)c1. The zero-order chi connectivity index (χ0) is 14.0. The van der Waals surface area contributed by atoms with E-state index in [0.29, 0.717) is 5.69 Å². The van der Waals surface area contributed by atoms with Crippen LogP contribution in [-0.2, 0) is 14.8 Å². The molecule has 0 bridgehead atoms. The molecule has 0 aromatic heterocycles. The average Bonchev–Trinajstić information content (AvgIpc) is 2.79. The smallest absolute Gasteiger partial charge is 0.240 e. The number of methoxy groups -OCH3 is 1. The molecule has 1 aliphatic rings. The maximum Gasteiger partial charge on any atom is 0.240 e. The Balaban J connectivity index is 2.20. The molecule has 1 saturated carbocycles. The lowest BCUT2D eigenvalue weighted by atomic mass is 10.2. The van der Waals surface area contributed by atoms with Crippen molar-refractivity contribution in [2.45, 2.75) is 36.3 Å². The molecule has 1 aromatic rings. The van der Waals surface area contributed by atoms with Gasteiger partial charge in [-0.15, -0.1) is 0 Å². The molecule has 2 unspecified atom stereocenters. The first-order valence-electron chi connectivity index (χ1n) is 6.04. The zero-order valence-electron chi connectivity index (χ0n) is 10.6. The third kappa shape index (κ3) is 3.20. The first kappa shape index (κ1) is 14.6. The number of hydrogen-bond donors (Lipinski definition) is 2. The summed E-state index contributed by atoms with van der Waals surface area (Å²) in [5.74, 6) is 0. The van der Waals surface area contributed by atoms with Crippen molar-refractivity contribution in [3.05, 3.63) is 23.2 Å². The molecule has 0 spiro atoms. The Morgan fingerprint density at radius 3 is 2.79 bits per heavy atom. The van der Waals surface area contributed by atoms with Gasteiger partial charge in [0.05, 0.1) is 21.7 Å². The van der Waals surface area contributed by atoms with Gasteiger partial charge in [0.25, 0.3) is 0 Å². The molecular weight excluding hydrogens is 288 g/mol. The minimum atomic E-state index is -3.60. The topological polar surface area (TPSA) is 81.4 Å². The van der Waals surface area contributed by atoms with Gasteiger partial charge < -0.3 is 10.5 Å². The molecule has 0 amide bonds. The van der Waals surface area contributed by atoms with Crippen LogP contribution in [0.4, 0.5) is 5.69 Å². The van der Waals surface area contributed by atoms with Crippen molar-refractivity contribution in [1.82, 2.24) is 4.72 Å². The molecule has 5 nitrogen and oxygen atoms in total. The van der Waals surface area contributed by atoms with Gasteiger partial charge in [0, 0.05) is 13.2 Å². The van der Waals surface area contributed by atoms with Crippen LogP contribution in [0.25, 0.3) is 0 Å². The molecule has 0 aliphatic heterocycles. The highest BCUT2D eigenvalue weighted by atomic mass is 35.5. The summed E-state index contributed by atoms with van der Waals surface area (Å²) in [4.78, 5) is 0.119. The van der Waals surface area contributed by atoms with Crippen molar-refractivity contribution >= 4 is 27.3 Å². The average molecular weight is 305 g/mol. The summed E-state index contributed by atoms with van der Waals surface area (Å²) in [7, 11) is -2.00. The predicted molar refractivity (Wildman–Crippen MR) is 74.6 cm³/mol. The van der Waals surface area contributed by atoms with Crippen LogP contribution in [0.5, 0.6) is 0 Å². The lowest BCUT2D eigenvalue weighted by Gasteiger charge is -2.19. The van der Waals surface area contributed by atoms with Crippen molar-refractivity contribution in [3.63, 3.8) is 0 Å². The summed E-state index contributed by atoms with van der Waals surface area (Å²) in [5, 5.41) is 0.234. The summed E-state index contributed by atoms with van der Waals surface area (Å²) in [5.41, 5.74) is 5.93. The number of nitrogens with one attached hydrogen (secondary N) is 1. The highest BCUT2D eigenvalue weighted by Crippen LogP contribution is 2.26. The van der Waals surface area contributed by atoms with Crippen LogP contribution >= 0.6 is 11.6 Å². The fourth-order valence-electron chi connectivity index (χ4n) is 2.29. The Kier molecular flexibility index (Phi) is 4.35. The summed E-state index contributed by atoms with van der Waals surface area (Å²) in [6.45, 7) is 0. The van der Waals surface area contributed by atoms with Crippen LogP contribution < -0.4 is 10.5 Å². The third-order valence-corrected chi connectivity index (χ3v) is 5.16. The van der Waals surface area contributed by atoms with Crippen molar-refractivity contribution in [3.8, 4) is 0 Å². The second kappa shape index (κ2) is 5.66. The lowest BCUT2D eigenvalue weighted by molar-refractivity contribution is 0.0916. The lowest BCUT2D eigenvalue weighted by Crippen LogP contribution is -2.40. The van der Waals surface area contributed by atoms with Crippen molar-refractivity contribution in [2.75, 3.05) is 12.8 Å².